The van der Waals surface area contributed by atoms with E-state index in [0.717, 1.165) is 26.0 Å². The smallest absolute Gasteiger partial charge is 0.180 e. The first kappa shape index (κ1) is 14.2. The number of rotatable bonds is 0. The summed E-state index contributed by atoms with van der Waals surface area (Å²) in [5.41, 5.74) is 0.829. The van der Waals surface area contributed by atoms with Crippen LogP contribution in [-0.2, 0) is 0 Å². The molecule has 6 rings (SSSR count). The van der Waals surface area contributed by atoms with E-state index in [4.69, 9.17) is 0 Å². The fourth-order valence-corrected chi connectivity index (χ4v) is 5.36. The van der Waals surface area contributed by atoms with Crippen LogP contribution in [0, 0.1) is 0 Å². The Kier molecular flexibility index (Phi) is 2.62. The van der Waals surface area contributed by atoms with Crippen molar-refractivity contribution in [3.63, 3.8) is 0 Å². The number of Topliss-reactive ketones (excluding diaryl/α,β-unsaturated/α-hetero) is 1. The van der Waals surface area contributed by atoms with Gasteiger partial charge in [-0.15, -0.1) is 0 Å². The number of ketones is 1. The summed E-state index contributed by atoms with van der Waals surface area (Å²) >= 11 is 7.23. The normalized spacial score (nSPS) is 17.2. The van der Waals surface area contributed by atoms with Gasteiger partial charge in [0, 0.05) is 15.4 Å². The molecule has 1 aliphatic rings. The quantitative estimate of drug-likeness (QED) is 0.162. The third-order valence-electron chi connectivity index (χ3n) is 5.44. The van der Waals surface area contributed by atoms with Crippen molar-refractivity contribution in [3.8, 4) is 0 Å². The Morgan fingerprint density at radius 3 is 2.32 bits per heavy atom. The Morgan fingerprint density at radius 1 is 0.760 bits per heavy atom. The number of carbonyl (C=O) groups excluding carboxylic acids is 1. The van der Waals surface area contributed by atoms with Gasteiger partial charge < -0.3 is 0 Å². The Morgan fingerprint density at radius 2 is 1.44 bits per heavy atom. The van der Waals surface area contributed by atoms with Crippen molar-refractivity contribution in [1.29, 1.82) is 0 Å². The molecule has 0 N–H and O–H groups in total. The average Bonchev–Trinajstić information content (AvgIpc) is 2.63. The first-order chi connectivity index (χ1) is 12.1. The van der Waals surface area contributed by atoms with E-state index in [9.17, 15) is 4.79 Å². The number of halogens is 2. The Labute approximate surface area is 159 Å². The van der Waals surface area contributed by atoms with Crippen LogP contribution in [0.2, 0.25) is 0 Å². The van der Waals surface area contributed by atoms with Crippen molar-refractivity contribution >= 4 is 86.8 Å². The van der Waals surface area contributed by atoms with Crippen molar-refractivity contribution in [1.82, 2.24) is 0 Å². The lowest BCUT2D eigenvalue weighted by Gasteiger charge is -2.20. The minimum absolute atomic E-state index is 0.145. The first-order valence-corrected chi connectivity index (χ1v) is 9.87. The van der Waals surface area contributed by atoms with Crippen LogP contribution in [0.5, 0.6) is 0 Å². The highest BCUT2D eigenvalue weighted by Gasteiger charge is 2.25. The Bertz CT molecular complexity index is 1430. The highest BCUT2D eigenvalue weighted by molar-refractivity contribution is 9.10. The molecule has 1 nitrogen and oxygen atoms in total. The molecule has 0 amide bonds. The highest BCUT2D eigenvalue weighted by atomic mass is 79.9. The summed E-state index contributed by atoms with van der Waals surface area (Å²) in [6.45, 7) is 0. The van der Waals surface area contributed by atoms with Gasteiger partial charge in [0.25, 0.3) is 0 Å². The summed E-state index contributed by atoms with van der Waals surface area (Å²) in [7, 11) is 0. The molecule has 0 aliphatic heterocycles. The second-order valence-electron chi connectivity index (χ2n) is 6.72. The second-order valence-corrected chi connectivity index (χ2v) is 8.56. The summed E-state index contributed by atoms with van der Waals surface area (Å²) in [4.78, 5) is 12.5. The maximum absolute atomic E-state index is 12.8. The van der Waals surface area contributed by atoms with Gasteiger partial charge in [0.1, 0.15) is 0 Å². The molecule has 0 spiro atoms. The van der Waals surface area contributed by atoms with Gasteiger partial charge in [-0.05, 0) is 61.1 Å². The molecule has 0 bridgehead atoms. The van der Waals surface area contributed by atoms with Gasteiger partial charge in [-0.1, -0.05) is 68.3 Å². The van der Waals surface area contributed by atoms with Gasteiger partial charge in [-0.3, -0.25) is 4.79 Å². The van der Waals surface area contributed by atoms with E-state index in [0.29, 0.717) is 0 Å². The monoisotopic (exact) mass is 448 g/mol. The first-order valence-electron chi connectivity index (χ1n) is 8.16. The van der Waals surface area contributed by atoms with Crippen LogP contribution in [0.3, 0.4) is 0 Å². The Hall–Kier alpha value is -1.97. The molecule has 0 saturated heterocycles. The lowest BCUT2D eigenvalue weighted by atomic mass is 9.84. The van der Waals surface area contributed by atoms with Crippen LogP contribution < -0.4 is 5.22 Å². The SMILES string of the molecule is O=C1c2cc3ccc4ccc(Br)c5cc6ccc(c2c6c3c45)=CC1Br. The van der Waals surface area contributed by atoms with Crippen molar-refractivity contribution in [2.45, 2.75) is 4.83 Å². The Balaban J connectivity index is 2.06. The predicted octanol–water partition coefficient (Wildman–Crippen LogP) is 5.96. The molecule has 118 valence electrons. The molecular formula is C22H10Br2O. The van der Waals surface area contributed by atoms with E-state index in [1.54, 1.807) is 0 Å². The fraction of sp³-hybridized carbons (Fsp3) is 0.0455. The molecule has 25 heavy (non-hydrogen) atoms. The van der Waals surface area contributed by atoms with Gasteiger partial charge in [-0.2, -0.15) is 0 Å². The summed E-state index contributed by atoms with van der Waals surface area (Å²) in [5.74, 6) is 0.145. The third kappa shape index (κ3) is 1.66. The standard InChI is InChI=1S/C22H10Br2O/c23-16-6-5-10-1-2-12-8-15-19-13(9-17(24)22(15)25)4-3-11-7-14(16)18(10)20(12)21(11)19/h1-9,17H. The highest BCUT2D eigenvalue weighted by Crippen LogP contribution is 2.43. The largest absolute Gasteiger partial charge is 0.293 e. The van der Waals surface area contributed by atoms with E-state index < -0.39 is 0 Å². The minimum Gasteiger partial charge on any atom is -0.293 e. The third-order valence-corrected chi connectivity index (χ3v) is 6.81. The molecule has 0 aromatic heterocycles. The summed E-state index contributed by atoms with van der Waals surface area (Å²) < 4.78 is 1.11. The molecule has 5 aromatic rings. The molecule has 1 atom stereocenters. The van der Waals surface area contributed by atoms with Crippen molar-refractivity contribution in [3.05, 3.63) is 63.8 Å². The summed E-state index contributed by atoms with van der Waals surface area (Å²) in [5, 5.41) is 10.8. The summed E-state index contributed by atoms with van der Waals surface area (Å²) in [6.07, 6.45) is 2.02. The zero-order valence-corrected chi connectivity index (χ0v) is 16.1. The fourth-order valence-electron chi connectivity index (χ4n) is 4.38. The molecule has 0 radical (unpaired) electrons. The number of carbonyl (C=O) groups is 1. The summed E-state index contributed by atoms with van der Waals surface area (Å²) in [6, 6.07) is 17.2. The zero-order chi connectivity index (χ0) is 16.9. The van der Waals surface area contributed by atoms with E-state index in [2.05, 4.69) is 80.4 Å². The van der Waals surface area contributed by atoms with Gasteiger partial charge in [0.15, 0.2) is 5.78 Å². The van der Waals surface area contributed by atoms with Gasteiger partial charge in [0.2, 0.25) is 0 Å². The molecule has 1 unspecified atom stereocenters. The van der Waals surface area contributed by atoms with E-state index >= 15 is 0 Å². The average molecular weight is 450 g/mol. The predicted molar refractivity (Wildman–Crippen MR) is 112 cm³/mol. The van der Waals surface area contributed by atoms with E-state index in [-0.39, 0.29) is 10.6 Å². The van der Waals surface area contributed by atoms with Gasteiger partial charge in [0.05, 0.1) is 4.83 Å². The van der Waals surface area contributed by atoms with Crippen LogP contribution in [0.25, 0.3) is 49.2 Å². The van der Waals surface area contributed by atoms with Crippen LogP contribution in [0.4, 0.5) is 0 Å². The molecule has 1 aliphatic carbocycles. The number of hydrogen-bond donors (Lipinski definition) is 0. The van der Waals surface area contributed by atoms with Crippen LogP contribution in [0.15, 0.2) is 53.0 Å². The zero-order valence-electron chi connectivity index (χ0n) is 12.9. The van der Waals surface area contributed by atoms with Crippen LogP contribution in [0.1, 0.15) is 10.4 Å². The second kappa shape index (κ2) is 4.60. The molecule has 3 heteroatoms. The number of alkyl halides is 1. The van der Waals surface area contributed by atoms with E-state index in [1.807, 2.05) is 6.08 Å². The molecule has 0 heterocycles. The van der Waals surface area contributed by atoms with Crippen molar-refractivity contribution in [2.24, 2.45) is 0 Å². The van der Waals surface area contributed by atoms with Gasteiger partial charge in [-0.25, -0.2) is 0 Å². The lowest BCUT2D eigenvalue weighted by molar-refractivity contribution is 0.101. The van der Waals surface area contributed by atoms with Crippen molar-refractivity contribution in [2.75, 3.05) is 0 Å². The molecule has 5 aromatic carbocycles. The lowest BCUT2D eigenvalue weighted by Crippen LogP contribution is -2.23. The topological polar surface area (TPSA) is 17.1 Å². The van der Waals surface area contributed by atoms with Crippen LogP contribution >= 0.6 is 31.9 Å². The molecule has 0 saturated carbocycles. The van der Waals surface area contributed by atoms with Crippen molar-refractivity contribution < 1.29 is 4.79 Å². The molecule has 0 fully saturated rings. The number of hydrogen-bond acceptors (Lipinski definition) is 1. The maximum Gasteiger partial charge on any atom is 0.180 e. The van der Waals surface area contributed by atoms with Crippen LogP contribution in [-0.4, -0.2) is 10.6 Å². The molecular weight excluding hydrogens is 440 g/mol. The number of benzene rings is 5. The van der Waals surface area contributed by atoms with Gasteiger partial charge >= 0.3 is 0 Å². The minimum atomic E-state index is -0.247. The van der Waals surface area contributed by atoms with E-state index in [1.165, 1.54) is 32.3 Å². The maximum atomic E-state index is 12.8.